The fourth-order valence-corrected chi connectivity index (χ4v) is 2.04. The Morgan fingerprint density at radius 2 is 2.15 bits per heavy atom. The van der Waals surface area contributed by atoms with Crippen molar-refractivity contribution in [2.24, 2.45) is 5.41 Å². The number of nitrogens with zero attached hydrogens (tertiary/aromatic N) is 1. The van der Waals surface area contributed by atoms with Crippen LogP contribution >= 0.6 is 0 Å². The molecule has 1 fully saturated rings. The molecule has 0 spiro atoms. The highest BCUT2D eigenvalue weighted by Gasteiger charge is 2.28. The van der Waals surface area contributed by atoms with E-state index in [1.165, 1.54) is 32.5 Å². The molecule has 2 heteroatoms. The first-order valence-electron chi connectivity index (χ1n) is 5.44. The molecule has 0 saturated carbocycles. The lowest BCUT2D eigenvalue weighted by atomic mass is 9.82. The third kappa shape index (κ3) is 3.28. The lowest BCUT2D eigenvalue weighted by Gasteiger charge is -2.38. The van der Waals surface area contributed by atoms with Gasteiger partial charge in [0.05, 0.1) is 0 Å². The van der Waals surface area contributed by atoms with Crippen LogP contribution < -0.4 is 5.32 Å². The van der Waals surface area contributed by atoms with Crippen LogP contribution in [0.5, 0.6) is 0 Å². The molecule has 2 nitrogen and oxygen atoms in total. The summed E-state index contributed by atoms with van der Waals surface area (Å²) in [5.41, 5.74) is 0.497. The summed E-state index contributed by atoms with van der Waals surface area (Å²) in [5, 5.41) is 3.49. The number of hydrogen-bond acceptors (Lipinski definition) is 2. The quantitative estimate of drug-likeness (QED) is 0.718. The van der Waals surface area contributed by atoms with Crippen LogP contribution in [0.1, 0.15) is 33.6 Å². The molecule has 0 bridgehead atoms. The van der Waals surface area contributed by atoms with Gasteiger partial charge in [-0.3, -0.25) is 0 Å². The smallest absolute Gasteiger partial charge is 0.00471 e. The summed E-state index contributed by atoms with van der Waals surface area (Å²) < 4.78 is 0. The average molecular weight is 184 g/mol. The van der Waals surface area contributed by atoms with E-state index in [1.54, 1.807) is 0 Å². The van der Waals surface area contributed by atoms with E-state index in [2.05, 4.69) is 38.0 Å². The summed E-state index contributed by atoms with van der Waals surface area (Å²) in [6.45, 7) is 10.5. The van der Waals surface area contributed by atoms with Crippen molar-refractivity contribution < 1.29 is 0 Å². The molecular weight excluding hydrogens is 160 g/mol. The van der Waals surface area contributed by atoms with E-state index in [4.69, 9.17) is 0 Å². The van der Waals surface area contributed by atoms with Crippen molar-refractivity contribution in [3.05, 3.63) is 0 Å². The van der Waals surface area contributed by atoms with E-state index < -0.39 is 0 Å². The van der Waals surface area contributed by atoms with Crippen molar-refractivity contribution >= 4 is 0 Å². The van der Waals surface area contributed by atoms with Crippen molar-refractivity contribution in [1.29, 1.82) is 0 Å². The highest BCUT2D eigenvalue weighted by atomic mass is 15.1. The van der Waals surface area contributed by atoms with Crippen molar-refractivity contribution in [1.82, 2.24) is 10.2 Å². The minimum atomic E-state index is 0.497. The van der Waals surface area contributed by atoms with Gasteiger partial charge in [-0.05, 0) is 45.7 Å². The maximum absolute atomic E-state index is 3.49. The van der Waals surface area contributed by atoms with E-state index in [1.807, 2.05) is 0 Å². The van der Waals surface area contributed by atoms with Crippen molar-refractivity contribution in [2.75, 3.05) is 26.7 Å². The first-order valence-corrected chi connectivity index (χ1v) is 5.44. The number of hydrogen-bond donors (Lipinski definition) is 1. The Labute approximate surface area is 82.7 Å². The highest BCUT2D eigenvalue weighted by molar-refractivity contribution is 4.84. The molecule has 1 N–H and O–H groups in total. The monoisotopic (exact) mass is 184 g/mol. The van der Waals surface area contributed by atoms with Crippen LogP contribution in [0.2, 0.25) is 0 Å². The second-order valence-corrected chi connectivity index (χ2v) is 5.10. The molecule has 13 heavy (non-hydrogen) atoms. The summed E-state index contributed by atoms with van der Waals surface area (Å²) in [7, 11) is 2.23. The Hall–Kier alpha value is -0.0800. The molecule has 1 atom stereocenters. The van der Waals surface area contributed by atoms with Crippen LogP contribution in [-0.2, 0) is 0 Å². The zero-order valence-corrected chi connectivity index (χ0v) is 9.56. The van der Waals surface area contributed by atoms with E-state index in [9.17, 15) is 0 Å². The zero-order valence-electron chi connectivity index (χ0n) is 9.56. The van der Waals surface area contributed by atoms with Gasteiger partial charge in [0.15, 0.2) is 0 Å². The Morgan fingerprint density at radius 1 is 1.46 bits per heavy atom. The number of rotatable bonds is 3. The molecule has 0 aromatic heterocycles. The van der Waals surface area contributed by atoms with Crippen LogP contribution in [-0.4, -0.2) is 37.6 Å². The molecule has 1 heterocycles. The van der Waals surface area contributed by atoms with E-state index >= 15 is 0 Å². The lowest BCUT2D eigenvalue weighted by Crippen LogP contribution is -2.46. The minimum absolute atomic E-state index is 0.497. The molecule has 0 amide bonds. The normalized spacial score (nSPS) is 30.0. The summed E-state index contributed by atoms with van der Waals surface area (Å²) in [6.07, 6.45) is 2.71. The second-order valence-electron chi connectivity index (χ2n) is 5.10. The average Bonchev–Trinajstić information content (AvgIpc) is 2.04. The van der Waals surface area contributed by atoms with Crippen LogP contribution in [0.25, 0.3) is 0 Å². The number of nitrogens with one attached hydrogen (secondary N) is 1. The minimum Gasteiger partial charge on any atom is -0.316 e. The van der Waals surface area contributed by atoms with Gasteiger partial charge in [-0.15, -0.1) is 0 Å². The van der Waals surface area contributed by atoms with Crippen LogP contribution in [0, 0.1) is 5.41 Å². The van der Waals surface area contributed by atoms with Gasteiger partial charge in [-0.1, -0.05) is 6.92 Å². The topological polar surface area (TPSA) is 15.3 Å². The molecule has 1 unspecified atom stereocenters. The van der Waals surface area contributed by atoms with Gasteiger partial charge in [0.25, 0.3) is 0 Å². The molecular formula is C11H24N2. The fourth-order valence-electron chi connectivity index (χ4n) is 2.04. The van der Waals surface area contributed by atoms with Crippen LogP contribution in [0.15, 0.2) is 0 Å². The third-order valence-electron chi connectivity index (χ3n) is 3.20. The molecule has 1 aliphatic rings. The molecule has 1 saturated heterocycles. The van der Waals surface area contributed by atoms with Crippen molar-refractivity contribution in [3.63, 3.8) is 0 Å². The van der Waals surface area contributed by atoms with Gasteiger partial charge in [0.2, 0.25) is 0 Å². The second kappa shape index (κ2) is 4.43. The largest absolute Gasteiger partial charge is 0.316 e. The van der Waals surface area contributed by atoms with Gasteiger partial charge in [-0.25, -0.2) is 0 Å². The molecule has 0 aromatic carbocycles. The first-order chi connectivity index (χ1) is 6.03. The van der Waals surface area contributed by atoms with Gasteiger partial charge in [-0.2, -0.15) is 0 Å². The maximum atomic E-state index is 3.49. The summed E-state index contributed by atoms with van der Waals surface area (Å²) in [4.78, 5) is 2.45. The van der Waals surface area contributed by atoms with Gasteiger partial charge in [0.1, 0.15) is 0 Å². The van der Waals surface area contributed by atoms with E-state index in [-0.39, 0.29) is 0 Å². The van der Waals surface area contributed by atoms with Gasteiger partial charge >= 0.3 is 0 Å². The molecule has 0 radical (unpaired) electrons. The summed E-state index contributed by atoms with van der Waals surface area (Å²) in [6, 6.07) is 0.666. The predicted molar refractivity (Wildman–Crippen MR) is 58.0 cm³/mol. The van der Waals surface area contributed by atoms with Crippen LogP contribution in [0.4, 0.5) is 0 Å². The summed E-state index contributed by atoms with van der Waals surface area (Å²) >= 11 is 0. The SMILES string of the molecule is CC(C)N(C)CC1(C)CCCNC1. The molecule has 1 rings (SSSR count). The predicted octanol–water partition coefficient (Wildman–Crippen LogP) is 1.72. The molecule has 0 aromatic rings. The van der Waals surface area contributed by atoms with Crippen molar-refractivity contribution in [3.8, 4) is 0 Å². The highest BCUT2D eigenvalue weighted by Crippen LogP contribution is 2.26. The Bertz CT molecular complexity index is 148. The standard InChI is InChI=1S/C11H24N2/c1-10(2)13(4)9-11(3)6-5-7-12-8-11/h10,12H,5-9H2,1-4H3. The fraction of sp³-hybridized carbons (Fsp3) is 1.00. The van der Waals surface area contributed by atoms with E-state index in [0.717, 1.165) is 0 Å². The Balaban J connectivity index is 2.40. The van der Waals surface area contributed by atoms with Gasteiger partial charge < -0.3 is 10.2 Å². The summed E-state index contributed by atoms with van der Waals surface area (Å²) in [5.74, 6) is 0. The van der Waals surface area contributed by atoms with Crippen LogP contribution in [0.3, 0.4) is 0 Å². The molecule has 78 valence electrons. The first kappa shape index (κ1) is 11.0. The maximum Gasteiger partial charge on any atom is 0.00471 e. The lowest BCUT2D eigenvalue weighted by molar-refractivity contribution is 0.132. The van der Waals surface area contributed by atoms with Crippen molar-refractivity contribution in [2.45, 2.75) is 39.7 Å². The molecule has 1 aliphatic heterocycles. The zero-order chi connectivity index (χ0) is 9.90. The number of piperidine rings is 1. The Kier molecular flexibility index (Phi) is 3.74. The molecule has 0 aliphatic carbocycles. The van der Waals surface area contributed by atoms with E-state index in [0.29, 0.717) is 11.5 Å². The van der Waals surface area contributed by atoms with Gasteiger partial charge in [0, 0.05) is 19.1 Å². The Morgan fingerprint density at radius 3 is 2.62 bits per heavy atom. The third-order valence-corrected chi connectivity index (χ3v) is 3.20.